The lowest BCUT2D eigenvalue weighted by molar-refractivity contribution is 0.173. The van der Waals surface area contributed by atoms with Crippen molar-refractivity contribution in [1.82, 2.24) is 14.4 Å². The number of nitrogens with one attached hydrogen (secondary N) is 1. The van der Waals surface area contributed by atoms with Crippen LogP contribution in [0.5, 0.6) is 0 Å². The second-order valence-corrected chi connectivity index (χ2v) is 15.0. The van der Waals surface area contributed by atoms with Crippen LogP contribution < -0.4 is 5.09 Å². The molecule has 0 amide bonds. The molecule has 0 bridgehead atoms. The number of hydrogen-bond donors (Lipinski definition) is 1. The molecule has 0 unspecified atom stereocenters. The molecule has 1 aromatic carbocycles. The van der Waals surface area contributed by atoms with Crippen LogP contribution >= 0.6 is 31.1 Å². The van der Waals surface area contributed by atoms with Gasteiger partial charge in [-0.05, 0) is 71.0 Å². The predicted octanol–water partition coefficient (Wildman–Crippen LogP) is 6.68. The van der Waals surface area contributed by atoms with Crippen LogP contribution in [0.4, 0.5) is 0 Å². The van der Waals surface area contributed by atoms with Crippen molar-refractivity contribution in [2.45, 2.75) is 102 Å². The van der Waals surface area contributed by atoms with Gasteiger partial charge in [0.2, 0.25) is 0 Å². The first-order valence-electron chi connectivity index (χ1n) is 12.1. The van der Waals surface area contributed by atoms with E-state index in [2.05, 4.69) is 73.3 Å². The van der Waals surface area contributed by atoms with Crippen molar-refractivity contribution in [2.24, 2.45) is 0 Å². The topological polar surface area (TPSA) is 35.6 Å². The molecule has 1 aliphatic carbocycles. The Balaban J connectivity index is 1.74. The molecule has 2 aliphatic heterocycles. The Kier molecular flexibility index (Phi) is 7.88. The fourth-order valence-electron chi connectivity index (χ4n) is 5.70. The van der Waals surface area contributed by atoms with Crippen molar-refractivity contribution in [3.05, 3.63) is 35.4 Å². The Morgan fingerprint density at radius 3 is 1.90 bits per heavy atom. The first-order valence-corrected chi connectivity index (χ1v) is 15.8. The van der Waals surface area contributed by atoms with Crippen LogP contribution in [0.25, 0.3) is 0 Å². The summed E-state index contributed by atoms with van der Waals surface area (Å²) in [5, 5.41) is 3.88. The van der Waals surface area contributed by atoms with Crippen LogP contribution in [0.1, 0.15) is 77.0 Å². The number of fused-ring (bicyclic) bond motifs is 1. The second-order valence-electron chi connectivity index (χ2n) is 9.89. The highest BCUT2D eigenvalue weighted by Crippen LogP contribution is 2.64. The molecular weight excluding hydrogens is 441 g/mol. The van der Waals surface area contributed by atoms with Gasteiger partial charge in [0.05, 0.1) is 10.6 Å². The largest absolute Gasteiger partial charge is 0.285 e. The van der Waals surface area contributed by atoms with Crippen LogP contribution in [0.2, 0.25) is 0 Å². The Morgan fingerprint density at radius 1 is 0.903 bits per heavy atom. The normalized spacial score (nSPS) is 28.9. The maximum atomic E-state index is 15.1. The van der Waals surface area contributed by atoms with Gasteiger partial charge in [-0.3, -0.25) is 4.57 Å². The van der Waals surface area contributed by atoms with Gasteiger partial charge in [0, 0.05) is 24.2 Å². The van der Waals surface area contributed by atoms with Crippen molar-refractivity contribution < 1.29 is 4.57 Å². The molecule has 174 valence electrons. The summed E-state index contributed by atoms with van der Waals surface area (Å²) in [5.41, 5.74) is 2.55. The fraction of sp³-hybridized carbons (Fsp3) is 0.750. The van der Waals surface area contributed by atoms with E-state index in [1.807, 2.05) is 23.5 Å². The zero-order valence-corrected chi connectivity index (χ0v) is 22.3. The molecule has 3 fully saturated rings. The zero-order valence-electron chi connectivity index (χ0n) is 19.8. The number of hydrogen-bond acceptors (Lipinski definition) is 3. The average Bonchev–Trinajstić information content (AvgIpc) is 3.01. The summed E-state index contributed by atoms with van der Waals surface area (Å²) in [6.45, 7) is 11.1. The van der Waals surface area contributed by atoms with E-state index in [1.54, 1.807) is 0 Å². The molecule has 2 heterocycles. The summed E-state index contributed by atoms with van der Waals surface area (Å²) in [7, 11) is -2.92. The molecule has 1 saturated carbocycles. The summed E-state index contributed by atoms with van der Waals surface area (Å²) in [4.78, 5) is 0. The number of aryl methyl sites for hydroxylation is 1. The maximum Gasteiger partial charge on any atom is 0.285 e. The molecule has 2 saturated heterocycles. The third kappa shape index (κ3) is 4.81. The molecule has 1 aromatic rings. The minimum absolute atomic E-state index is 0.0874. The van der Waals surface area contributed by atoms with Gasteiger partial charge in [-0.2, -0.15) is 0 Å². The molecule has 7 heteroatoms. The van der Waals surface area contributed by atoms with Crippen LogP contribution in [-0.2, 0) is 4.57 Å². The Hall–Kier alpha value is 0.0300. The van der Waals surface area contributed by atoms with Gasteiger partial charge >= 0.3 is 0 Å². The minimum atomic E-state index is -2.92. The first-order chi connectivity index (χ1) is 14.8. The SMILES string of the molecule is Cc1ccc([C@@H](NP2(=O)N(C(C)C)[C@@H]3CCCC[C@H]3N2C(C)C)C2SCCCS2)cc1. The van der Waals surface area contributed by atoms with Crippen molar-refractivity contribution >= 4 is 31.1 Å². The summed E-state index contributed by atoms with van der Waals surface area (Å²) >= 11 is 4.08. The molecule has 3 aliphatic rings. The smallest absolute Gasteiger partial charge is 0.270 e. The maximum absolute atomic E-state index is 15.1. The van der Waals surface area contributed by atoms with Crippen molar-refractivity contribution in [3.63, 3.8) is 0 Å². The molecule has 0 spiro atoms. The third-order valence-electron chi connectivity index (χ3n) is 6.93. The van der Waals surface area contributed by atoms with Crippen LogP contribution in [0.15, 0.2) is 24.3 Å². The van der Waals surface area contributed by atoms with Gasteiger partial charge in [0.15, 0.2) is 0 Å². The number of nitrogens with zero attached hydrogens (tertiary/aromatic N) is 2. The molecule has 0 aromatic heterocycles. The average molecular weight is 482 g/mol. The summed E-state index contributed by atoms with van der Waals surface area (Å²) < 4.78 is 20.3. The highest BCUT2D eigenvalue weighted by atomic mass is 32.2. The highest BCUT2D eigenvalue weighted by molar-refractivity contribution is 8.17. The van der Waals surface area contributed by atoms with Crippen LogP contribution in [0, 0.1) is 6.92 Å². The van der Waals surface area contributed by atoms with Gasteiger partial charge in [0.1, 0.15) is 0 Å². The molecule has 0 radical (unpaired) electrons. The van der Waals surface area contributed by atoms with E-state index in [0.29, 0.717) is 16.7 Å². The standard InChI is InChI=1S/C24H40N3OPS2/c1-17(2)26-21-9-6-7-10-22(21)27(18(3)4)29(26,28)25-23(24-30-15-8-16-31-24)20-13-11-19(5)12-14-20/h11-14,17-18,21-24H,6-10,15-16H2,1-5H3,(H,25,28)/t21-,22-,23-/m1/s1. The van der Waals surface area contributed by atoms with E-state index >= 15 is 4.57 Å². The lowest BCUT2D eigenvalue weighted by Crippen LogP contribution is -2.43. The zero-order chi connectivity index (χ0) is 22.2. The Morgan fingerprint density at radius 2 is 1.42 bits per heavy atom. The van der Waals surface area contributed by atoms with Gasteiger partial charge in [-0.15, -0.1) is 23.5 Å². The molecule has 3 atom stereocenters. The molecule has 4 rings (SSSR count). The van der Waals surface area contributed by atoms with Gasteiger partial charge in [-0.25, -0.2) is 14.4 Å². The molecular formula is C24H40N3OPS2. The highest BCUT2D eigenvalue weighted by Gasteiger charge is 2.57. The third-order valence-corrected chi connectivity index (χ3v) is 13.4. The molecule has 31 heavy (non-hydrogen) atoms. The Bertz CT molecular complexity index is 754. The van der Waals surface area contributed by atoms with E-state index in [-0.39, 0.29) is 18.1 Å². The second kappa shape index (κ2) is 10.1. The van der Waals surface area contributed by atoms with Gasteiger partial charge < -0.3 is 0 Å². The van der Waals surface area contributed by atoms with E-state index in [4.69, 9.17) is 0 Å². The first kappa shape index (κ1) is 24.2. The Labute approximate surface area is 198 Å². The molecule has 1 N–H and O–H groups in total. The lowest BCUT2D eigenvalue weighted by Gasteiger charge is -2.41. The fourth-order valence-corrected chi connectivity index (χ4v) is 12.7. The van der Waals surface area contributed by atoms with Gasteiger partial charge in [-0.1, -0.05) is 42.7 Å². The minimum Gasteiger partial charge on any atom is -0.270 e. The van der Waals surface area contributed by atoms with Crippen molar-refractivity contribution in [1.29, 1.82) is 0 Å². The number of thioether (sulfide) groups is 2. The van der Waals surface area contributed by atoms with Crippen LogP contribution in [-0.4, -0.2) is 49.6 Å². The number of benzene rings is 1. The van der Waals surface area contributed by atoms with E-state index < -0.39 is 7.59 Å². The van der Waals surface area contributed by atoms with Crippen molar-refractivity contribution in [2.75, 3.05) is 11.5 Å². The monoisotopic (exact) mass is 481 g/mol. The van der Waals surface area contributed by atoms with Crippen molar-refractivity contribution in [3.8, 4) is 0 Å². The van der Waals surface area contributed by atoms with Gasteiger partial charge in [0.25, 0.3) is 7.59 Å². The van der Waals surface area contributed by atoms with E-state index in [0.717, 1.165) is 0 Å². The quantitative estimate of drug-likeness (QED) is 0.457. The lowest BCUT2D eigenvalue weighted by atomic mass is 9.89. The summed E-state index contributed by atoms with van der Waals surface area (Å²) in [6, 6.07) is 10.3. The predicted molar refractivity (Wildman–Crippen MR) is 138 cm³/mol. The molecule has 4 nitrogen and oxygen atoms in total. The van der Waals surface area contributed by atoms with Crippen LogP contribution in [0.3, 0.4) is 0 Å². The summed E-state index contributed by atoms with van der Waals surface area (Å²) in [5.74, 6) is 2.39. The number of rotatable bonds is 6. The van der Waals surface area contributed by atoms with E-state index in [9.17, 15) is 0 Å². The summed E-state index contributed by atoms with van der Waals surface area (Å²) in [6.07, 6.45) is 6.11. The van der Waals surface area contributed by atoms with E-state index in [1.165, 1.54) is 54.7 Å².